The lowest BCUT2D eigenvalue weighted by atomic mass is 10.1. The van der Waals surface area contributed by atoms with Crippen LogP contribution in [0.15, 0.2) is 41.9 Å². The molecule has 2 N–H and O–H groups in total. The molecule has 12 heteroatoms. The first kappa shape index (κ1) is 19.3. The van der Waals surface area contributed by atoms with Gasteiger partial charge in [0.05, 0.1) is 23.3 Å². The average molecular weight is 421 g/mol. The van der Waals surface area contributed by atoms with E-state index < -0.39 is 28.9 Å². The van der Waals surface area contributed by atoms with E-state index in [4.69, 9.17) is 5.73 Å². The monoisotopic (exact) mass is 421 g/mol. The quantitative estimate of drug-likeness (QED) is 0.680. The summed E-state index contributed by atoms with van der Waals surface area (Å²) in [7, 11) is -4.07. The number of aromatic nitrogens is 5. The van der Waals surface area contributed by atoms with Crippen molar-refractivity contribution in [2.24, 2.45) is 0 Å². The largest absolute Gasteiger partial charge is 0.381 e. The highest BCUT2D eigenvalue weighted by atomic mass is 32.2. The van der Waals surface area contributed by atoms with E-state index in [1.165, 1.54) is 35.7 Å². The number of hydrogen-bond donors (Lipinski definition) is 1. The smallest absolute Gasteiger partial charge is 0.262 e. The minimum absolute atomic E-state index is 0.0864. The number of nitrogens with two attached hydrogens (primary N) is 1. The molecule has 1 aliphatic heterocycles. The summed E-state index contributed by atoms with van der Waals surface area (Å²) in [6.07, 6.45) is 3.65. The zero-order valence-electron chi connectivity index (χ0n) is 15.3. The zero-order chi connectivity index (χ0) is 20.8. The summed E-state index contributed by atoms with van der Waals surface area (Å²) in [4.78, 5) is 12.3. The van der Waals surface area contributed by atoms with Crippen molar-refractivity contribution < 1.29 is 17.2 Å². The van der Waals surface area contributed by atoms with Crippen molar-refractivity contribution in [3.63, 3.8) is 0 Å². The molecule has 1 saturated heterocycles. The second-order valence-electron chi connectivity index (χ2n) is 6.73. The van der Waals surface area contributed by atoms with E-state index in [9.17, 15) is 17.2 Å². The van der Waals surface area contributed by atoms with Gasteiger partial charge in [-0.15, -0.1) is 0 Å². The third-order valence-electron chi connectivity index (χ3n) is 4.67. The third kappa shape index (κ3) is 3.56. The molecule has 0 bridgehead atoms. The Labute approximate surface area is 165 Å². The molecule has 2 aromatic heterocycles. The number of halogens is 2. The van der Waals surface area contributed by atoms with Crippen LogP contribution in [0.1, 0.15) is 12.0 Å². The van der Waals surface area contributed by atoms with Crippen molar-refractivity contribution in [1.29, 1.82) is 0 Å². The second kappa shape index (κ2) is 6.81. The number of sulfonamides is 1. The fourth-order valence-electron chi connectivity index (χ4n) is 3.10. The molecule has 3 heterocycles. The Kier molecular flexibility index (Phi) is 4.54. The molecule has 0 amide bonds. The molecule has 0 aliphatic carbocycles. The minimum atomic E-state index is -4.07. The normalized spacial score (nSPS) is 16.9. The number of nitrogen functional groups attached to an aromatic ring is 1. The van der Waals surface area contributed by atoms with Crippen LogP contribution in [0, 0.1) is 6.92 Å². The molecule has 0 saturated carbocycles. The predicted molar refractivity (Wildman–Crippen MR) is 99.9 cm³/mol. The number of hydrogen-bond acceptors (Lipinski definition) is 7. The highest BCUT2D eigenvalue weighted by Crippen LogP contribution is 2.33. The third-order valence-corrected chi connectivity index (χ3v) is 6.52. The van der Waals surface area contributed by atoms with Gasteiger partial charge in [0.25, 0.3) is 5.92 Å². The molecule has 29 heavy (non-hydrogen) atoms. The average Bonchev–Trinajstić information content (AvgIpc) is 3.32. The van der Waals surface area contributed by atoms with E-state index in [-0.39, 0.29) is 23.1 Å². The van der Waals surface area contributed by atoms with Crippen LogP contribution in [0.4, 0.5) is 14.6 Å². The fourth-order valence-corrected chi connectivity index (χ4v) is 4.60. The van der Waals surface area contributed by atoms with Crippen molar-refractivity contribution >= 4 is 15.8 Å². The van der Waals surface area contributed by atoms with Crippen LogP contribution in [-0.4, -0.2) is 56.5 Å². The Hall–Kier alpha value is -2.99. The number of alkyl halides is 2. The maximum absolute atomic E-state index is 13.5. The van der Waals surface area contributed by atoms with Crippen LogP contribution in [0.2, 0.25) is 0 Å². The Bertz CT molecular complexity index is 1170. The summed E-state index contributed by atoms with van der Waals surface area (Å²) in [5.41, 5.74) is 7.46. The summed E-state index contributed by atoms with van der Waals surface area (Å²) in [6.45, 7) is 0.732. The van der Waals surface area contributed by atoms with Crippen molar-refractivity contribution in [3.8, 4) is 17.1 Å². The Morgan fingerprint density at radius 1 is 1.28 bits per heavy atom. The molecule has 9 nitrogen and oxygen atoms in total. The molecule has 4 rings (SSSR count). The molecular weight excluding hydrogens is 404 g/mol. The van der Waals surface area contributed by atoms with Gasteiger partial charge < -0.3 is 5.73 Å². The molecule has 0 radical (unpaired) electrons. The van der Waals surface area contributed by atoms with Crippen LogP contribution in [0.3, 0.4) is 0 Å². The molecule has 0 atom stereocenters. The predicted octanol–water partition coefficient (Wildman–Crippen LogP) is 1.64. The molecule has 3 aromatic rings. The Morgan fingerprint density at radius 3 is 2.72 bits per heavy atom. The molecule has 1 aliphatic rings. The number of benzene rings is 1. The maximum Gasteiger partial charge on any atom is 0.262 e. The Balaban J connectivity index is 1.76. The van der Waals surface area contributed by atoms with Gasteiger partial charge in [-0.05, 0) is 24.6 Å². The van der Waals surface area contributed by atoms with Crippen molar-refractivity contribution in [3.05, 3.63) is 42.6 Å². The lowest BCUT2D eigenvalue weighted by Crippen LogP contribution is -2.31. The van der Waals surface area contributed by atoms with Gasteiger partial charge in [-0.25, -0.2) is 32.2 Å². The van der Waals surface area contributed by atoms with Crippen molar-refractivity contribution in [2.75, 3.05) is 18.8 Å². The topological polar surface area (TPSA) is 120 Å². The standard InChI is InChI=1S/C17H17F2N7O2S/c1-11-2-3-12(29(27,28)25-5-4-17(18,19)8-25)6-13(11)14-7-22-15(20)16(24-14)26-10-21-9-23-26/h2-3,6-7,9-10H,4-5,8H2,1H3,(H2,20,22). The molecule has 152 valence electrons. The Morgan fingerprint density at radius 2 is 2.07 bits per heavy atom. The summed E-state index contributed by atoms with van der Waals surface area (Å²) in [5, 5.41) is 3.98. The van der Waals surface area contributed by atoms with E-state index in [0.717, 1.165) is 9.87 Å². The number of rotatable bonds is 4. The van der Waals surface area contributed by atoms with Gasteiger partial charge in [0.1, 0.15) is 12.7 Å². The van der Waals surface area contributed by atoms with Gasteiger partial charge in [-0.3, -0.25) is 0 Å². The van der Waals surface area contributed by atoms with Gasteiger partial charge >= 0.3 is 0 Å². The highest BCUT2D eigenvalue weighted by Gasteiger charge is 2.43. The fraction of sp³-hybridized carbons (Fsp3) is 0.294. The first-order chi connectivity index (χ1) is 13.7. The van der Waals surface area contributed by atoms with Gasteiger partial charge in [-0.1, -0.05) is 6.07 Å². The molecule has 1 aromatic carbocycles. The minimum Gasteiger partial charge on any atom is -0.381 e. The van der Waals surface area contributed by atoms with Crippen LogP contribution in [0.25, 0.3) is 17.1 Å². The summed E-state index contributed by atoms with van der Waals surface area (Å²) >= 11 is 0. The SMILES string of the molecule is Cc1ccc(S(=O)(=O)N2CCC(F)(F)C2)cc1-c1cnc(N)c(-n2cncn2)n1. The zero-order valence-corrected chi connectivity index (χ0v) is 16.1. The van der Waals surface area contributed by atoms with Gasteiger partial charge in [-0.2, -0.15) is 14.1 Å². The number of anilines is 1. The summed E-state index contributed by atoms with van der Waals surface area (Å²) < 4.78 is 54.9. The van der Waals surface area contributed by atoms with E-state index in [1.807, 2.05) is 0 Å². The van der Waals surface area contributed by atoms with Crippen LogP contribution < -0.4 is 5.73 Å². The summed E-state index contributed by atoms with van der Waals surface area (Å²) in [5.74, 6) is -2.65. The van der Waals surface area contributed by atoms with Crippen LogP contribution >= 0.6 is 0 Å². The lowest BCUT2D eigenvalue weighted by Gasteiger charge is -2.17. The van der Waals surface area contributed by atoms with E-state index in [1.54, 1.807) is 13.0 Å². The second-order valence-corrected chi connectivity index (χ2v) is 8.66. The van der Waals surface area contributed by atoms with Crippen molar-refractivity contribution in [1.82, 2.24) is 29.0 Å². The molecule has 1 fully saturated rings. The molecular formula is C17H17F2N7O2S. The number of nitrogens with zero attached hydrogens (tertiary/aromatic N) is 6. The highest BCUT2D eigenvalue weighted by molar-refractivity contribution is 7.89. The van der Waals surface area contributed by atoms with E-state index >= 15 is 0 Å². The maximum atomic E-state index is 13.5. The van der Waals surface area contributed by atoms with Crippen LogP contribution in [-0.2, 0) is 10.0 Å². The van der Waals surface area contributed by atoms with Gasteiger partial charge in [0, 0.05) is 18.5 Å². The summed E-state index contributed by atoms with van der Waals surface area (Å²) in [6, 6.07) is 4.41. The van der Waals surface area contributed by atoms with Crippen molar-refractivity contribution in [2.45, 2.75) is 24.2 Å². The van der Waals surface area contributed by atoms with E-state index in [2.05, 4.69) is 20.1 Å². The van der Waals surface area contributed by atoms with Gasteiger partial charge in [0.2, 0.25) is 10.0 Å². The lowest BCUT2D eigenvalue weighted by molar-refractivity contribution is 0.0183. The molecule has 0 spiro atoms. The number of aryl methyl sites for hydroxylation is 1. The van der Waals surface area contributed by atoms with Gasteiger partial charge in [0.15, 0.2) is 11.6 Å². The first-order valence-corrected chi connectivity index (χ1v) is 10.1. The van der Waals surface area contributed by atoms with Crippen LogP contribution in [0.5, 0.6) is 0 Å². The molecule has 0 unspecified atom stereocenters. The first-order valence-electron chi connectivity index (χ1n) is 8.64. The van der Waals surface area contributed by atoms with E-state index in [0.29, 0.717) is 11.3 Å².